The van der Waals surface area contributed by atoms with Gasteiger partial charge >= 0.3 is 5.97 Å². The Morgan fingerprint density at radius 1 is 1.24 bits per heavy atom. The number of anilines is 1. The molecule has 106 valence electrons. The van der Waals surface area contributed by atoms with Crippen molar-refractivity contribution in [3.05, 3.63) is 65.0 Å². The molecule has 0 saturated heterocycles. The van der Waals surface area contributed by atoms with Crippen LogP contribution >= 0.6 is 0 Å². The highest BCUT2D eigenvalue weighted by Gasteiger charge is 2.28. The fourth-order valence-corrected chi connectivity index (χ4v) is 2.46. The van der Waals surface area contributed by atoms with Gasteiger partial charge in [-0.15, -0.1) is 0 Å². The second-order valence-electron chi connectivity index (χ2n) is 4.90. The van der Waals surface area contributed by atoms with E-state index in [2.05, 4.69) is 0 Å². The van der Waals surface area contributed by atoms with Crippen LogP contribution in [0.4, 0.5) is 10.1 Å². The van der Waals surface area contributed by atoms with Crippen molar-refractivity contribution >= 4 is 17.6 Å². The minimum atomic E-state index is -1.05. The van der Waals surface area contributed by atoms with Gasteiger partial charge in [0.25, 0.3) is 0 Å². The van der Waals surface area contributed by atoms with Crippen LogP contribution in [0.3, 0.4) is 0 Å². The second kappa shape index (κ2) is 5.01. The van der Waals surface area contributed by atoms with E-state index in [1.54, 1.807) is 24.3 Å². The Bertz CT molecular complexity index is 742. The van der Waals surface area contributed by atoms with Crippen LogP contribution in [0.1, 0.15) is 21.5 Å². The zero-order valence-electron chi connectivity index (χ0n) is 11.0. The van der Waals surface area contributed by atoms with Gasteiger partial charge in [0.1, 0.15) is 5.82 Å². The number of benzene rings is 2. The summed E-state index contributed by atoms with van der Waals surface area (Å²) < 4.78 is 13.7. The smallest absolute Gasteiger partial charge is 0.335 e. The summed E-state index contributed by atoms with van der Waals surface area (Å²) in [4.78, 5) is 24.6. The molecule has 0 aliphatic carbocycles. The Morgan fingerprint density at radius 3 is 2.71 bits per heavy atom. The molecule has 1 heterocycles. The van der Waals surface area contributed by atoms with Crippen LogP contribution in [0.25, 0.3) is 0 Å². The molecular weight excluding hydrogens is 273 g/mol. The lowest BCUT2D eigenvalue weighted by atomic mass is 10.1. The van der Waals surface area contributed by atoms with Crippen molar-refractivity contribution in [3.63, 3.8) is 0 Å². The van der Waals surface area contributed by atoms with Crippen LogP contribution in [0.15, 0.2) is 42.5 Å². The normalized spacial score (nSPS) is 13.4. The maximum absolute atomic E-state index is 13.7. The summed E-state index contributed by atoms with van der Waals surface area (Å²) in [6, 6.07) is 10.8. The highest BCUT2D eigenvalue weighted by atomic mass is 19.1. The first-order valence-corrected chi connectivity index (χ1v) is 6.46. The van der Waals surface area contributed by atoms with Gasteiger partial charge in [0.2, 0.25) is 5.91 Å². The summed E-state index contributed by atoms with van der Waals surface area (Å²) >= 11 is 0. The quantitative estimate of drug-likeness (QED) is 0.943. The summed E-state index contributed by atoms with van der Waals surface area (Å²) in [5.41, 5.74) is 1.82. The number of halogens is 1. The molecule has 0 fully saturated rings. The number of carbonyl (C=O) groups is 2. The molecule has 1 aliphatic rings. The number of amides is 1. The number of carbonyl (C=O) groups excluding carboxylic acids is 1. The van der Waals surface area contributed by atoms with Crippen molar-refractivity contribution in [1.82, 2.24) is 0 Å². The van der Waals surface area contributed by atoms with E-state index in [0.717, 1.165) is 5.56 Å². The molecule has 2 aromatic carbocycles. The summed E-state index contributed by atoms with van der Waals surface area (Å²) in [6.45, 7) is 0.0988. The van der Waals surface area contributed by atoms with Gasteiger partial charge in [0.15, 0.2) is 0 Å². The summed E-state index contributed by atoms with van der Waals surface area (Å²) in [6.07, 6.45) is 0.212. The lowest BCUT2D eigenvalue weighted by molar-refractivity contribution is -0.117. The maximum Gasteiger partial charge on any atom is 0.335 e. The number of hydrogen-bond acceptors (Lipinski definition) is 2. The Hall–Kier alpha value is -2.69. The molecule has 0 radical (unpaired) electrons. The number of hydrogen-bond donors (Lipinski definition) is 1. The first-order valence-electron chi connectivity index (χ1n) is 6.46. The fourth-order valence-electron chi connectivity index (χ4n) is 2.46. The molecule has 1 amide bonds. The number of rotatable bonds is 3. The molecule has 0 bridgehead atoms. The molecule has 0 saturated carbocycles. The molecule has 0 spiro atoms. The molecule has 0 atom stereocenters. The average molecular weight is 285 g/mol. The Balaban J connectivity index is 1.98. The number of fused-ring (bicyclic) bond motifs is 1. The van der Waals surface area contributed by atoms with Crippen molar-refractivity contribution in [1.29, 1.82) is 0 Å². The first kappa shape index (κ1) is 13.3. The standard InChI is InChI=1S/C16H12FNO3/c17-13-4-2-1-3-12(13)9-18-14-7-11(16(20)21)6-5-10(14)8-15(18)19/h1-7H,8-9H2,(H,20,21). The Labute approximate surface area is 120 Å². The van der Waals surface area contributed by atoms with E-state index < -0.39 is 5.97 Å². The first-order chi connectivity index (χ1) is 10.1. The van der Waals surface area contributed by atoms with Crippen molar-refractivity contribution in [2.45, 2.75) is 13.0 Å². The highest BCUT2D eigenvalue weighted by molar-refractivity contribution is 6.02. The largest absolute Gasteiger partial charge is 0.478 e. The summed E-state index contributed by atoms with van der Waals surface area (Å²) in [5, 5.41) is 9.04. The number of carboxylic acids is 1. The Morgan fingerprint density at radius 2 is 2.00 bits per heavy atom. The molecule has 1 N–H and O–H groups in total. The van der Waals surface area contributed by atoms with E-state index >= 15 is 0 Å². The zero-order valence-corrected chi connectivity index (χ0v) is 11.0. The SMILES string of the molecule is O=C(O)c1ccc2c(c1)N(Cc1ccccc1F)C(=O)C2. The lowest BCUT2D eigenvalue weighted by Gasteiger charge is -2.18. The van der Waals surface area contributed by atoms with Gasteiger partial charge in [-0.2, -0.15) is 0 Å². The lowest BCUT2D eigenvalue weighted by Crippen LogP contribution is -2.26. The van der Waals surface area contributed by atoms with E-state index in [9.17, 15) is 14.0 Å². The van der Waals surface area contributed by atoms with Crippen LogP contribution in [-0.4, -0.2) is 17.0 Å². The number of carboxylic acid groups (broad SMARTS) is 1. The average Bonchev–Trinajstić information content (AvgIpc) is 2.76. The van der Waals surface area contributed by atoms with Gasteiger partial charge in [-0.3, -0.25) is 4.79 Å². The van der Waals surface area contributed by atoms with Crippen LogP contribution < -0.4 is 4.90 Å². The molecule has 1 aliphatic heterocycles. The molecule has 3 rings (SSSR count). The third-order valence-electron chi connectivity index (χ3n) is 3.55. The summed E-state index contributed by atoms with van der Waals surface area (Å²) in [5.74, 6) is -1.59. The Kier molecular flexibility index (Phi) is 3.17. The van der Waals surface area contributed by atoms with E-state index in [1.807, 2.05) is 0 Å². The number of nitrogens with zero attached hydrogens (tertiary/aromatic N) is 1. The summed E-state index contributed by atoms with van der Waals surface area (Å²) in [7, 11) is 0. The van der Waals surface area contributed by atoms with Gasteiger partial charge in [-0.1, -0.05) is 24.3 Å². The zero-order chi connectivity index (χ0) is 15.0. The van der Waals surface area contributed by atoms with Crippen LogP contribution in [0, 0.1) is 5.82 Å². The monoisotopic (exact) mass is 285 g/mol. The van der Waals surface area contributed by atoms with Gasteiger partial charge in [-0.25, -0.2) is 9.18 Å². The minimum Gasteiger partial charge on any atom is -0.478 e. The molecular formula is C16H12FNO3. The van der Waals surface area contributed by atoms with Crippen molar-refractivity contribution in [3.8, 4) is 0 Å². The second-order valence-corrected chi connectivity index (χ2v) is 4.90. The van der Waals surface area contributed by atoms with E-state index in [4.69, 9.17) is 5.11 Å². The van der Waals surface area contributed by atoms with Crippen molar-refractivity contribution in [2.75, 3.05) is 4.90 Å². The van der Waals surface area contributed by atoms with E-state index in [-0.39, 0.29) is 30.3 Å². The van der Waals surface area contributed by atoms with Crippen LogP contribution in [0.5, 0.6) is 0 Å². The molecule has 5 heteroatoms. The van der Waals surface area contributed by atoms with E-state index in [0.29, 0.717) is 11.3 Å². The van der Waals surface area contributed by atoms with Gasteiger partial charge in [0, 0.05) is 11.3 Å². The molecule has 0 aromatic heterocycles. The maximum atomic E-state index is 13.7. The topological polar surface area (TPSA) is 57.6 Å². The molecule has 4 nitrogen and oxygen atoms in total. The minimum absolute atomic E-state index is 0.0988. The third kappa shape index (κ3) is 2.38. The predicted octanol–water partition coefficient (Wildman–Crippen LogP) is 2.61. The van der Waals surface area contributed by atoms with Gasteiger partial charge in [0.05, 0.1) is 18.5 Å². The molecule has 2 aromatic rings. The number of aromatic carboxylic acids is 1. The predicted molar refractivity (Wildman–Crippen MR) is 74.7 cm³/mol. The molecule has 0 unspecified atom stereocenters. The molecule has 21 heavy (non-hydrogen) atoms. The van der Waals surface area contributed by atoms with Crippen molar-refractivity contribution in [2.24, 2.45) is 0 Å². The highest BCUT2D eigenvalue weighted by Crippen LogP contribution is 2.31. The van der Waals surface area contributed by atoms with Crippen molar-refractivity contribution < 1.29 is 19.1 Å². The third-order valence-corrected chi connectivity index (χ3v) is 3.55. The van der Waals surface area contributed by atoms with Crippen LogP contribution in [-0.2, 0) is 17.8 Å². The van der Waals surface area contributed by atoms with Crippen LogP contribution in [0.2, 0.25) is 0 Å². The fraction of sp³-hybridized carbons (Fsp3) is 0.125. The van der Waals surface area contributed by atoms with Gasteiger partial charge in [-0.05, 0) is 23.8 Å². The van der Waals surface area contributed by atoms with Gasteiger partial charge < -0.3 is 10.0 Å². The van der Waals surface area contributed by atoms with E-state index in [1.165, 1.54) is 23.1 Å².